The zero-order valence-corrected chi connectivity index (χ0v) is 10.4. The number of nitrogens with zero attached hydrogens (tertiary/aromatic N) is 2. The lowest BCUT2D eigenvalue weighted by Gasteiger charge is -2.14. The molecule has 1 aromatic carbocycles. The fraction of sp³-hybridized carbons (Fsp3) is 0.417. The Kier molecular flexibility index (Phi) is 6.75. The van der Waals surface area contributed by atoms with Gasteiger partial charge in [0.25, 0.3) is 0 Å². The van der Waals surface area contributed by atoms with Crippen molar-refractivity contribution in [3.63, 3.8) is 0 Å². The molecule has 0 heterocycles. The minimum atomic E-state index is -0.444. The first-order valence-corrected chi connectivity index (χ1v) is 4.96. The van der Waals surface area contributed by atoms with Crippen molar-refractivity contribution in [3.05, 3.63) is 35.4 Å². The van der Waals surface area contributed by atoms with Crippen molar-refractivity contribution < 1.29 is 5.11 Å². The number of aliphatic hydroxyl groups excluding tert-OH is 1. The van der Waals surface area contributed by atoms with E-state index in [1.54, 1.807) is 24.3 Å². The molecule has 4 heteroatoms. The molecule has 0 bridgehead atoms. The van der Waals surface area contributed by atoms with Crippen LogP contribution >= 0.6 is 12.4 Å². The van der Waals surface area contributed by atoms with Crippen LogP contribution in [0.3, 0.4) is 0 Å². The minimum absolute atomic E-state index is 0. The Bertz CT molecular complexity index is 343. The highest BCUT2D eigenvalue weighted by molar-refractivity contribution is 5.85. The second kappa shape index (κ2) is 7.24. The van der Waals surface area contributed by atoms with Crippen LogP contribution in [0.5, 0.6) is 0 Å². The summed E-state index contributed by atoms with van der Waals surface area (Å²) in [5.74, 6) is 0. The first-order chi connectivity index (χ1) is 7.13. The smallest absolute Gasteiger partial charge is 0.0991 e. The predicted octanol–water partition coefficient (Wildman–Crippen LogP) is 1.97. The van der Waals surface area contributed by atoms with Crippen LogP contribution in [-0.2, 0) is 0 Å². The average molecular weight is 241 g/mol. The molecule has 0 aliphatic heterocycles. The van der Waals surface area contributed by atoms with Crippen LogP contribution < -0.4 is 0 Å². The summed E-state index contributed by atoms with van der Waals surface area (Å²) in [4.78, 5) is 2.03. The molecule has 0 saturated carbocycles. The molecule has 1 unspecified atom stereocenters. The van der Waals surface area contributed by atoms with Gasteiger partial charge in [0.15, 0.2) is 0 Å². The fourth-order valence-electron chi connectivity index (χ4n) is 1.33. The van der Waals surface area contributed by atoms with Gasteiger partial charge in [0.2, 0.25) is 0 Å². The quantitative estimate of drug-likeness (QED) is 0.875. The van der Waals surface area contributed by atoms with E-state index in [1.165, 1.54) is 0 Å². The number of aliphatic hydroxyl groups is 1. The molecule has 16 heavy (non-hydrogen) atoms. The van der Waals surface area contributed by atoms with Gasteiger partial charge in [0.05, 0.1) is 17.7 Å². The third-order valence-corrected chi connectivity index (χ3v) is 2.27. The van der Waals surface area contributed by atoms with E-state index in [9.17, 15) is 5.11 Å². The number of halogens is 1. The van der Waals surface area contributed by atoms with E-state index < -0.39 is 6.10 Å². The van der Waals surface area contributed by atoms with Crippen molar-refractivity contribution in [3.8, 4) is 6.07 Å². The summed E-state index contributed by atoms with van der Waals surface area (Å²) in [5.41, 5.74) is 1.49. The number of rotatable bonds is 4. The van der Waals surface area contributed by atoms with E-state index in [2.05, 4.69) is 6.07 Å². The van der Waals surface area contributed by atoms with Crippen LogP contribution in [0.4, 0.5) is 0 Å². The summed E-state index contributed by atoms with van der Waals surface area (Å²) < 4.78 is 0. The largest absolute Gasteiger partial charge is 0.388 e. The maximum Gasteiger partial charge on any atom is 0.0991 e. The Morgan fingerprint density at radius 2 is 1.88 bits per heavy atom. The van der Waals surface area contributed by atoms with E-state index in [0.29, 0.717) is 12.0 Å². The van der Waals surface area contributed by atoms with Gasteiger partial charge in [-0.2, -0.15) is 5.26 Å². The fourth-order valence-corrected chi connectivity index (χ4v) is 1.33. The number of hydrogen-bond donors (Lipinski definition) is 1. The zero-order valence-electron chi connectivity index (χ0n) is 9.55. The van der Waals surface area contributed by atoms with Gasteiger partial charge in [0, 0.05) is 6.54 Å². The van der Waals surface area contributed by atoms with Gasteiger partial charge < -0.3 is 10.0 Å². The highest BCUT2D eigenvalue weighted by atomic mass is 35.5. The average Bonchev–Trinajstić information content (AvgIpc) is 2.26. The number of hydrogen-bond acceptors (Lipinski definition) is 3. The van der Waals surface area contributed by atoms with E-state index >= 15 is 0 Å². The summed E-state index contributed by atoms with van der Waals surface area (Å²) >= 11 is 0. The van der Waals surface area contributed by atoms with Crippen LogP contribution in [0.15, 0.2) is 24.3 Å². The van der Waals surface area contributed by atoms with Gasteiger partial charge in [-0.25, -0.2) is 0 Å². The molecule has 0 radical (unpaired) electrons. The standard InChI is InChI=1S/C12H16N2O.ClH/c1-14(2)8-7-12(15)11-5-3-10(9-13)4-6-11;/h3-6,12,15H,7-8H2,1-2H3;1H. The van der Waals surface area contributed by atoms with Crippen LogP contribution in [0, 0.1) is 11.3 Å². The normalized spacial score (nSPS) is 11.7. The van der Waals surface area contributed by atoms with Crippen molar-refractivity contribution in [2.75, 3.05) is 20.6 Å². The lowest BCUT2D eigenvalue weighted by atomic mass is 10.0. The maximum atomic E-state index is 9.82. The van der Waals surface area contributed by atoms with Gasteiger partial charge in [-0.15, -0.1) is 12.4 Å². The lowest BCUT2D eigenvalue weighted by molar-refractivity contribution is 0.154. The Hall–Kier alpha value is -1.08. The molecule has 0 aliphatic carbocycles. The monoisotopic (exact) mass is 240 g/mol. The molecule has 1 aromatic rings. The van der Waals surface area contributed by atoms with Gasteiger partial charge in [-0.1, -0.05) is 12.1 Å². The van der Waals surface area contributed by atoms with Crippen molar-refractivity contribution in [2.45, 2.75) is 12.5 Å². The molecule has 0 amide bonds. The predicted molar refractivity (Wildman–Crippen MR) is 66.5 cm³/mol. The van der Waals surface area contributed by atoms with E-state index in [1.807, 2.05) is 19.0 Å². The molecule has 88 valence electrons. The molecule has 1 N–H and O–H groups in total. The summed E-state index contributed by atoms with van der Waals surface area (Å²) in [6.45, 7) is 0.848. The molecule has 1 rings (SSSR count). The minimum Gasteiger partial charge on any atom is -0.388 e. The zero-order chi connectivity index (χ0) is 11.3. The second-order valence-corrected chi connectivity index (χ2v) is 3.84. The molecule has 1 atom stereocenters. The summed E-state index contributed by atoms with van der Waals surface area (Å²) in [6.07, 6.45) is 0.263. The molecular formula is C12H17ClN2O. The van der Waals surface area contributed by atoms with Crippen molar-refractivity contribution in [1.82, 2.24) is 4.90 Å². The molecule has 0 spiro atoms. The topological polar surface area (TPSA) is 47.3 Å². The number of nitriles is 1. The summed E-state index contributed by atoms with van der Waals surface area (Å²) in [7, 11) is 3.96. The summed E-state index contributed by atoms with van der Waals surface area (Å²) in [6, 6.07) is 9.12. The highest BCUT2D eigenvalue weighted by Gasteiger charge is 2.07. The molecule has 0 saturated heterocycles. The third kappa shape index (κ3) is 4.63. The van der Waals surface area contributed by atoms with Crippen molar-refractivity contribution >= 4 is 12.4 Å². The van der Waals surface area contributed by atoms with Crippen LogP contribution in [-0.4, -0.2) is 30.6 Å². The highest BCUT2D eigenvalue weighted by Crippen LogP contribution is 2.16. The van der Waals surface area contributed by atoms with E-state index in [-0.39, 0.29) is 12.4 Å². The van der Waals surface area contributed by atoms with E-state index in [4.69, 9.17) is 5.26 Å². The van der Waals surface area contributed by atoms with Gasteiger partial charge in [0.1, 0.15) is 0 Å². The molecule has 0 aliphatic rings. The van der Waals surface area contributed by atoms with Crippen LogP contribution in [0.25, 0.3) is 0 Å². The lowest BCUT2D eigenvalue weighted by Crippen LogP contribution is -2.15. The Balaban J connectivity index is 0.00000225. The van der Waals surface area contributed by atoms with Gasteiger partial charge in [-0.05, 0) is 38.2 Å². The second-order valence-electron chi connectivity index (χ2n) is 3.84. The summed E-state index contributed by atoms with van der Waals surface area (Å²) in [5, 5.41) is 18.4. The molecule has 0 fully saturated rings. The van der Waals surface area contributed by atoms with Crippen LogP contribution in [0.2, 0.25) is 0 Å². The first-order valence-electron chi connectivity index (χ1n) is 4.96. The Morgan fingerprint density at radius 1 is 1.31 bits per heavy atom. The Labute approximate surface area is 103 Å². The van der Waals surface area contributed by atoms with Gasteiger partial charge in [-0.3, -0.25) is 0 Å². The Morgan fingerprint density at radius 3 is 2.31 bits per heavy atom. The van der Waals surface area contributed by atoms with Crippen molar-refractivity contribution in [2.24, 2.45) is 0 Å². The molecule has 3 nitrogen and oxygen atoms in total. The van der Waals surface area contributed by atoms with Crippen LogP contribution in [0.1, 0.15) is 23.7 Å². The first kappa shape index (κ1) is 14.9. The van der Waals surface area contributed by atoms with E-state index in [0.717, 1.165) is 12.1 Å². The van der Waals surface area contributed by atoms with Crippen molar-refractivity contribution in [1.29, 1.82) is 5.26 Å². The maximum absolute atomic E-state index is 9.82. The molecule has 0 aromatic heterocycles. The SMILES string of the molecule is CN(C)CCC(O)c1ccc(C#N)cc1.Cl. The third-order valence-electron chi connectivity index (χ3n) is 2.27. The molecular weight excluding hydrogens is 224 g/mol. The number of benzene rings is 1. The van der Waals surface area contributed by atoms with Gasteiger partial charge >= 0.3 is 0 Å².